The van der Waals surface area contributed by atoms with Crippen LogP contribution in [-0.4, -0.2) is 0 Å². The molecule has 5 unspecified atom stereocenters. The molecule has 4 rings (SSSR count). The first-order valence-electron chi connectivity index (χ1n) is 11.9. The molecule has 0 heteroatoms. The first-order valence-corrected chi connectivity index (χ1v) is 11.9. The molecule has 0 aromatic heterocycles. The Kier molecular flexibility index (Phi) is 4.82. The first-order chi connectivity index (χ1) is 11.9. The monoisotopic (exact) mass is 344 g/mol. The Bertz CT molecular complexity index is 480. The first kappa shape index (κ1) is 18.4. The van der Waals surface area contributed by atoms with E-state index in [0.29, 0.717) is 10.8 Å². The van der Waals surface area contributed by atoms with Crippen LogP contribution in [0.25, 0.3) is 0 Å². The number of rotatable bonds is 3. The highest BCUT2D eigenvalue weighted by Gasteiger charge is 2.60. The van der Waals surface area contributed by atoms with E-state index < -0.39 is 0 Å². The summed E-state index contributed by atoms with van der Waals surface area (Å²) in [5.41, 5.74) is 1.38. The van der Waals surface area contributed by atoms with Gasteiger partial charge < -0.3 is 0 Å². The SMILES string of the molecule is CCC[C@@H](C)C1CCC2[C@@H]3CC[C@@H]4C[C@H](C)CCC4(C)C3CCC21C. The van der Waals surface area contributed by atoms with Crippen molar-refractivity contribution in [3.8, 4) is 0 Å². The van der Waals surface area contributed by atoms with Crippen LogP contribution in [0.1, 0.15) is 105 Å². The largest absolute Gasteiger partial charge is 0.0654 e. The quantitative estimate of drug-likeness (QED) is 0.491. The van der Waals surface area contributed by atoms with Crippen LogP contribution in [-0.2, 0) is 0 Å². The van der Waals surface area contributed by atoms with Gasteiger partial charge in [-0.1, -0.05) is 53.9 Å². The molecule has 0 bridgehead atoms. The molecule has 25 heavy (non-hydrogen) atoms. The Morgan fingerprint density at radius 2 is 1.60 bits per heavy atom. The summed E-state index contributed by atoms with van der Waals surface area (Å²) in [6, 6.07) is 0. The lowest BCUT2D eigenvalue weighted by atomic mass is 9.44. The van der Waals surface area contributed by atoms with Gasteiger partial charge in [-0.25, -0.2) is 0 Å². The van der Waals surface area contributed by atoms with E-state index in [1.807, 2.05) is 0 Å². The van der Waals surface area contributed by atoms with Crippen molar-refractivity contribution in [2.75, 3.05) is 0 Å². The smallest absolute Gasteiger partial charge is 0.0264 e. The molecule has 9 atom stereocenters. The minimum Gasteiger partial charge on any atom is -0.0654 e. The number of hydrogen-bond donors (Lipinski definition) is 0. The van der Waals surface area contributed by atoms with E-state index in [4.69, 9.17) is 0 Å². The van der Waals surface area contributed by atoms with Gasteiger partial charge in [0.25, 0.3) is 0 Å². The summed E-state index contributed by atoms with van der Waals surface area (Å²) in [5, 5.41) is 0. The lowest BCUT2D eigenvalue weighted by molar-refractivity contribution is -0.120. The Morgan fingerprint density at radius 1 is 0.880 bits per heavy atom. The van der Waals surface area contributed by atoms with Gasteiger partial charge in [0, 0.05) is 0 Å². The Hall–Kier alpha value is 0. The van der Waals surface area contributed by atoms with Crippen LogP contribution in [0.15, 0.2) is 0 Å². The van der Waals surface area contributed by atoms with Gasteiger partial charge in [-0.2, -0.15) is 0 Å². The van der Waals surface area contributed by atoms with E-state index >= 15 is 0 Å². The third-order valence-corrected chi connectivity index (χ3v) is 10.4. The summed E-state index contributed by atoms with van der Waals surface area (Å²) >= 11 is 0. The third kappa shape index (κ3) is 2.75. The maximum atomic E-state index is 2.73. The van der Waals surface area contributed by atoms with Crippen LogP contribution >= 0.6 is 0 Å². The minimum absolute atomic E-state index is 0.681. The average Bonchev–Trinajstić information content (AvgIpc) is 2.93. The zero-order chi connectivity index (χ0) is 17.8. The Labute approximate surface area is 157 Å². The van der Waals surface area contributed by atoms with Crippen molar-refractivity contribution in [1.82, 2.24) is 0 Å². The van der Waals surface area contributed by atoms with E-state index in [9.17, 15) is 0 Å². The van der Waals surface area contributed by atoms with E-state index in [2.05, 4.69) is 34.6 Å². The molecular formula is C25H44. The summed E-state index contributed by atoms with van der Waals surface area (Å²) in [6.07, 6.45) is 16.8. The molecule has 4 saturated carbocycles. The van der Waals surface area contributed by atoms with Gasteiger partial charge in [0.15, 0.2) is 0 Å². The van der Waals surface area contributed by atoms with Crippen LogP contribution in [0.2, 0.25) is 0 Å². The van der Waals surface area contributed by atoms with Gasteiger partial charge in [0.1, 0.15) is 0 Å². The molecule has 144 valence electrons. The molecule has 4 aliphatic rings. The van der Waals surface area contributed by atoms with Crippen molar-refractivity contribution in [3.63, 3.8) is 0 Å². The predicted octanol–water partition coefficient (Wildman–Crippen LogP) is 7.72. The van der Waals surface area contributed by atoms with Crippen LogP contribution in [0.3, 0.4) is 0 Å². The third-order valence-electron chi connectivity index (χ3n) is 10.4. The molecule has 0 aliphatic heterocycles. The molecule has 4 aliphatic carbocycles. The summed E-state index contributed by atoms with van der Waals surface area (Å²) in [4.78, 5) is 0. The fourth-order valence-electron chi connectivity index (χ4n) is 9.10. The molecule has 0 saturated heterocycles. The summed E-state index contributed by atoms with van der Waals surface area (Å²) in [7, 11) is 0. The zero-order valence-corrected chi connectivity index (χ0v) is 17.8. The highest BCUT2D eigenvalue weighted by molar-refractivity contribution is 5.09. The van der Waals surface area contributed by atoms with Crippen molar-refractivity contribution in [2.45, 2.75) is 105 Å². The highest BCUT2D eigenvalue weighted by atomic mass is 14.6. The lowest BCUT2D eigenvalue weighted by Gasteiger charge is -2.61. The summed E-state index contributed by atoms with van der Waals surface area (Å²) in [6.45, 7) is 12.9. The molecule has 0 amide bonds. The van der Waals surface area contributed by atoms with Gasteiger partial charge in [-0.15, -0.1) is 0 Å². The van der Waals surface area contributed by atoms with Crippen LogP contribution in [0, 0.1) is 52.3 Å². The molecule has 0 radical (unpaired) electrons. The van der Waals surface area contributed by atoms with Crippen molar-refractivity contribution in [1.29, 1.82) is 0 Å². The maximum Gasteiger partial charge on any atom is -0.0264 e. The molecule has 0 N–H and O–H groups in total. The number of hydrogen-bond acceptors (Lipinski definition) is 0. The molecule has 0 heterocycles. The van der Waals surface area contributed by atoms with Gasteiger partial charge in [0.2, 0.25) is 0 Å². The normalized spacial score (nSPS) is 53.6. The number of fused-ring (bicyclic) bond motifs is 5. The summed E-state index contributed by atoms with van der Waals surface area (Å²) < 4.78 is 0. The van der Waals surface area contributed by atoms with Gasteiger partial charge in [0.05, 0.1) is 0 Å². The van der Waals surface area contributed by atoms with E-state index in [-0.39, 0.29) is 0 Å². The lowest BCUT2D eigenvalue weighted by Crippen LogP contribution is -2.53. The molecule has 0 nitrogen and oxygen atoms in total. The minimum atomic E-state index is 0.681. The standard InChI is InChI=1S/C25H44/c1-6-7-18(3)21-10-11-22-20-9-8-19-16-17(2)12-14-24(19,4)23(20)13-15-25(21,22)5/h17-23H,6-16H2,1-5H3/t17-,18-,19-,20+,21?,22?,23?,24?,25?/m1/s1. The van der Waals surface area contributed by atoms with E-state index in [1.165, 1.54) is 25.7 Å². The molecule has 0 spiro atoms. The Balaban J connectivity index is 1.56. The summed E-state index contributed by atoms with van der Waals surface area (Å²) in [5.74, 6) is 7.23. The molecule has 0 aromatic rings. The van der Waals surface area contributed by atoms with E-state index in [0.717, 1.165) is 41.4 Å². The molecule has 4 fully saturated rings. The van der Waals surface area contributed by atoms with E-state index in [1.54, 1.807) is 44.9 Å². The van der Waals surface area contributed by atoms with Crippen molar-refractivity contribution in [3.05, 3.63) is 0 Å². The second kappa shape index (κ2) is 6.56. The fourth-order valence-corrected chi connectivity index (χ4v) is 9.10. The zero-order valence-electron chi connectivity index (χ0n) is 17.8. The van der Waals surface area contributed by atoms with Crippen molar-refractivity contribution >= 4 is 0 Å². The fraction of sp³-hybridized carbons (Fsp3) is 1.00. The van der Waals surface area contributed by atoms with Crippen LogP contribution in [0.4, 0.5) is 0 Å². The van der Waals surface area contributed by atoms with Crippen LogP contribution in [0.5, 0.6) is 0 Å². The van der Waals surface area contributed by atoms with Gasteiger partial charge >= 0.3 is 0 Å². The van der Waals surface area contributed by atoms with Crippen molar-refractivity contribution in [2.24, 2.45) is 52.3 Å². The highest BCUT2D eigenvalue weighted by Crippen LogP contribution is 2.68. The maximum absolute atomic E-state index is 2.73. The average molecular weight is 345 g/mol. The molecular weight excluding hydrogens is 300 g/mol. The van der Waals surface area contributed by atoms with Crippen molar-refractivity contribution < 1.29 is 0 Å². The second-order valence-corrected chi connectivity index (χ2v) is 11.5. The van der Waals surface area contributed by atoms with Crippen LogP contribution < -0.4 is 0 Å². The van der Waals surface area contributed by atoms with Gasteiger partial charge in [-0.3, -0.25) is 0 Å². The molecule has 0 aromatic carbocycles. The Morgan fingerprint density at radius 3 is 2.36 bits per heavy atom. The predicted molar refractivity (Wildman–Crippen MR) is 108 cm³/mol. The topological polar surface area (TPSA) is 0 Å². The second-order valence-electron chi connectivity index (χ2n) is 11.5. The van der Waals surface area contributed by atoms with Gasteiger partial charge in [-0.05, 0) is 104 Å².